The molecule has 7 nitrogen and oxygen atoms in total. The van der Waals surface area contributed by atoms with Crippen LogP contribution in [0.25, 0.3) is 0 Å². The highest BCUT2D eigenvalue weighted by Crippen LogP contribution is 2.45. The summed E-state index contributed by atoms with van der Waals surface area (Å²) in [5.41, 5.74) is 6.22. The van der Waals surface area contributed by atoms with E-state index in [4.69, 9.17) is 17.0 Å². The largest absolute Gasteiger partial charge is 0.495 e. The van der Waals surface area contributed by atoms with Gasteiger partial charge in [0, 0.05) is 36.2 Å². The second kappa shape index (κ2) is 9.93. The summed E-state index contributed by atoms with van der Waals surface area (Å²) in [5, 5.41) is 7.07. The van der Waals surface area contributed by atoms with Crippen molar-refractivity contribution in [3.05, 3.63) is 71.3 Å². The number of hydrogen-bond acceptors (Lipinski definition) is 4. The van der Waals surface area contributed by atoms with E-state index in [1.807, 2.05) is 42.6 Å². The quantitative estimate of drug-likeness (QED) is 0.417. The van der Waals surface area contributed by atoms with Crippen molar-refractivity contribution >= 4 is 34.6 Å². The van der Waals surface area contributed by atoms with Crippen molar-refractivity contribution in [3.8, 4) is 5.75 Å². The van der Waals surface area contributed by atoms with Gasteiger partial charge in [0.15, 0.2) is 5.11 Å². The molecule has 2 atom stereocenters. The topological polar surface area (TPSA) is 71.4 Å². The lowest BCUT2D eigenvalue weighted by molar-refractivity contribution is -0.114. The molecule has 2 N–H and O–H groups in total. The highest BCUT2D eigenvalue weighted by molar-refractivity contribution is 7.80. The zero-order valence-corrected chi connectivity index (χ0v) is 22.1. The predicted molar refractivity (Wildman–Crippen MR) is 147 cm³/mol. The van der Waals surface area contributed by atoms with Gasteiger partial charge in [-0.2, -0.15) is 0 Å². The second-order valence-electron chi connectivity index (χ2n) is 9.70. The first-order valence-corrected chi connectivity index (χ1v) is 12.9. The lowest BCUT2D eigenvalue weighted by Gasteiger charge is -2.29. The summed E-state index contributed by atoms with van der Waals surface area (Å²) >= 11 is 5.92. The first-order chi connectivity index (χ1) is 17.4. The predicted octanol–water partition coefficient (Wildman–Crippen LogP) is 5.76. The minimum atomic E-state index is -0.157. The number of nitrogens with one attached hydrogen (secondary N) is 2. The Labute approximate surface area is 217 Å². The average molecular weight is 504 g/mol. The number of aromatic nitrogens is 2. The van der Waals surface area contributed by atoms with Crippen molar-refractivity contribution in [2.45, 2.75) is 64.6 Å². The molecule has 5 rings (SSSR count). The minimum Gasteiger partial charge on any atom is -0.495 e. The van der Waals surface area contributed by atoms with Crippen molar-refractivity contribution in [2.75, 3.05) is 17.3 Å². The van der Waals surface area contributed by atoms with E-state index in [9.17, 15) is 4.79 Å². The Balaban J connectivity index is 1.64. The van der Waals surface area contributed by atoms with Crippen LogP contribution in [0, 0.1) is 13.8 Å². The van der Waals surface area contributed by atoms with Gasteiger partial charge in [0.2, 0.25) is 5.91 Å². The molecule has 0 unspecified atom stereocenters. The summed E-state index contributed by atoms with van der Waals surface area (Å²) in [5.74, 6) is 0.444. The number of nitrogens with zero attached hydrogens (tertiary/aromatic N) is 3. The molecule has 2 fully saturated rings. The van der Waals surface area contributed by atoms with Crippen molar-refractivity contribution in [1.82, 2.24) is 14.9 Å². The maximum atomic E-state index is 11.9. The van der Waals surface area contributed by atoms with Crippen LogP contribution >= 0.6 is 12.2 Å². The summed E-state index contributed by atoms with van der Waals surface area (Å²) in [4.78, 5) is 18.7. The molecular formula is C28H33N5O2S. The number of aryl methyl sites for hydroxylation is 1. The Morgan fingerprint density at radius 1 is 1.17 bits per heavy atom. The number of benzene rings is 1. The Morgan fingerprint density at radius 3 is 2.61 bits per heavy atom. The van der Waals surface area contributed by atoms with Gasteiger partial charge in [-0.05, 0) is 80.9 Å². The normalized spacial score (nSPS) is 20.0. The van der Waals surface area contributed by atoms with E-state index in [0.717, 1.165) is 11.4 Å². The summed E-state index contributed by atoms with van der Waals surface area (Å²) in [6.07, 6.45) is 6.84. The molecule has 0 bridgehead atoms. The van der Waals surface area contributed by atoms with E-state index >= 15 is 0 Å². The third-order valence-electron chi connectivity index (χ3n) is 7.40. The summed E-state index contributed by atoms with van der Waals surface area (Å²) < 4.78 is 8.01. The van der Waals surface area contributed by atoms with E-state index in [-0.39, 0.29) is 18.0 Å². The van der Waals surface area contributed by atoms with Gasteiger partial charge >= 0.3 is 0 Å². The number of pyridine rings is 1. The smallest absolute Gasteiger partial charge is 0.221 e. The Morgan fingerprint density at radius 2 is 1.94 bits per heavy atom. The first-order valence-electron chi connectivity index (χ1n) is 12.5. The van der Waals surface area contributed by atoms with Crippen LogP contribution in [-0.2, 0) is 4.79 Å². The number of thiocarbonyl (C=S) groups is 1. The highest BCUT2D eigenvalue weighted by Gasteiger charge is 2.42. The molecule has 8 heteroatoms. The Hall–Kier alpha value is -3.39. The van der Waals surface area contributed by atoms with E-state index in [0.29, 0.717) is 22.6 Å². The van der Waals surface area contributed by atoms with Gasteiger partial charge in [0.05, 0.1) is 30.6 Å². The Kier molecular flexibility index (Phi) is 6.71. The number of carbonyl (C=O) groups is 1. The van der Waals surface area contributed by atoms with E-state index < -0.39 is 0 Å². The van der Waals surface area contributed by atoms with E-state index in [1.54, 1.807) is 7.11 Å². The van der Waals surface area contributed by atoms with Crippen LogP contribution in [0.15, 0.2) is 48.7 Å². The fraction of sp³-hybridized carbons (Fsp3) is 0.393. The molecule has 2 aromatic heterocycles. The number of hydrogen-bond donors (Lipinski definition) is 2. The molecule has 188 valence electrons. The van der Waals surface area contributed by atoms with Gasteiger partial charge in [0.1, 0.15) is 5.75 Å². The standard InChI is InChI=1S/C28H33N5O2S/c1-17-15-22(18(2)32(17)20-9-5-6-10-20)27-26(23-11-7-8-14-29-23)31-28(36)33(27)21-12-13-25(35-4)24(16-21)30-19(3)34/h7-8,11-16,20,26-27H,5-6,9-10H2,1-4H3,(H,30,34)(H,31,36)/t26-,27-/m1/s1. The van der Waals surface area contributed by atoms with Crippen molar-refractivity contribution in [3.63, 3.8) is 0 Å². The molecule has 1 aliphatic carbocycles. The van der Waals surface area contributed by atoms with Crippen LogP contribution in [0.1, 0.15) is 73.4 Å². The lowest BCUT2D eigenvalue weighted by atomic mass is 9.96. The number of methoxy groups -OCH3 is 1. The van der Waals surface area contributed by atoms with Gasteiger partial charge in [0.25, 0.3) is 0 Å². The third-order valence-corrected chi connectivity index (χ3v) is 7.72. The monoisotopic (exact) mass is 503 g/mol. The zero-order chi connectivity index (χ0) is 25.4. The summed E-state index contributed by atoms with van der Waals surface area (Å²) in [7, 11) is 1.60. The maximum Gasteiger partial charge on any atom is 0.221 e. The molecule has 3 aromatic rings. The number of rotatable bonds is 6. The molecular weight excluding hydrogens is 470 g/mol. The van der Waals surface area contributed by atoms with Crippen molar-refractivity contribution in [2.24, 2.45) is 0 Å². The molecule has 0 radical (unpaired) electrons. The fourth-order valence-corrected chi connectivity index (χ4v) is 6.25. The van der Waals surface area contributed by atoms with Gasteiger partial charge in [-0.25, -0.2) is 0 Å². The molecule has 0 spiro atoms. The number of carbonyl (C=O) groups excluding carboxylic acids is 1. The van der Waals surface area contributed by atoms with Crippen LogP contribution in [0.5, 0.6) is 5.75 Å². The van der Waals surface area contributed by atoms with E-state index in [2.05, 4.69) is 45.0 Å². The zero-order valence-electron chi connectivity index (χ0n) is 21.2. The van der Waals surface area contributed by atoms with Crippen LogP contribution in [0.4, 0.5) is 11.4 Å². The van der Waals surface area contributed by atoms with Gasteiger partial charge in [-0.3, -0.25) is 9.78 Å². The van der Waals surface area contributed by atoms with Crippen molar-refractivity contribution < 1.29 is 9.53 Å². The molecule has 1 amide bonds. The van der Waals surface area contributed by atoms with Crippen molar-refractivity contribution in [1.29, 1.82) is 0 Å². The Bertz CT molecular complexity index is 1280. The second-order valence-corrected chi connectivity index (χ2v) is 10.1. The molecule has 1 aromatic carbocycles. The molecule has 3 heterocycles. The number of amides is 1. The SMILES string of the molecule is COc1ccc(N2C(=S)N[C@H](c3ccccn3)[C@H]2c2cc(C)n(C3CCCC3)c2C)cc1NC(C)=O. The van der Waals surface area contributed by atoms with Gasteiger partial charge in [-0.15, -0.1) is 0 Å². The van der Waals surface area contributed by atoms with Gasteiger partial charge in [-0.1, -0.05) is 18.9 Å². The number of ether oxygens (including phenoxy) is 1. The lowest BCUT2D eigenvalue weighted by Crippen LogP contribution is -2.29. The fourth-order valence-electron chi connectivity index (χ4n) is 5.91. The minimum absolute atomic E-state index is 0.104. The highest BCUT2D eigenvalue weighted by atomic mass is 32.1. The summed E-state index contributed by atoms with van der Waals surface area (Å²) in [6.45, 7) is 5.93. The van der Waals surface area contributed by atoms with Crippen LogP contribution in [0.3, 0.4) is 0 Å². The van der Waals surface area contributed by atoms with Crippen LogP contribution in [-0.4, -0.2) is 27.7 Å². The van der Waals surface area contributed by atoms with Crippen LogP contribution < -0.4 is 20.3 Å². The number of anilines is 2. The molecule has 1 saturated heterocycles. The van der Waals surface area contributed by atoms with E-state index in [1.165, 1.54) is 49.6 Å². The average Bonchev–Trinajstić information content (AvgIpc) is 3.57. The third kappa shape index (κ3) is 4.34. The van der Waals surface area contributed by atoms with Gasteiger partial charge < -0.3 is 24.8 Å². The molecule has 36 heavy (non-hydrogen) atoms. The summed E-state index contributed by atoms with van der Waals surface area (Å²) in [6, 6.07) is 14.4. The molecule has 1 aliphatic heterocycles. The molecule has 2 aliphatic rings. The van der Waals surface area contributed by atoms with Crippen LogP contribution in [0.2, 0.25) is 0 Å². The first kappa shape index (κ1) is 24.3. The molecule has 1 saturated carbocycles. The maximum absolute atomic E-state index is 11.9.